The normalized spacial score (nSPS) is 22.7. The number of aliphatic hydroxyl groups excluding tert-OH is 1. The van der Waals surface area contributed by atoms with E-state index in [1.807, 2.05) is 0 Å². The molecule has 0 aromatic heterocycles. The first-order valence-corrected chi connectivity index (χ1v) is 8.06. The van der Waals surface area contributed by atoms with Gasteiger partial charge in [0.25, 0.3) is 0 Å². The molecule has 0 radical (unpaired) electrons. The van der Waals surface area contributed by atoms with Crippen LogP contribution >= 0.6 is 0 Å². The summed E-state index contributed by atoms with van der Waals surface area (Å²) < 4.78 is 22.7. The fourth-order valence-electron chi connectivity index (χ4n) is 2.33. The second-order valence-electron chi connectivity index (χ2n) is 4.89. The lowest BCUT2D eigenvalue weighted by atomic mass is 9.89. The first-order chi connectivity index (χ1) is 8.48. The third kappa shape index (κ3) is 3.10. The molecule has 1 aliphatic rings. The molecule has 1 aliphatic heterocycles. The Bertz CT molecular complexity index is 489. The summed E-state index contributed by atoms with van der Waals surface area (Å²) in [6.07, 6.45) is 2.74. The molecule has 1 heterocycles. The van der Waals surface area contributed by atoms with E-state index in [4.69, 9.17) is 0 Å². The molecule has 18 heavy (non-hydrogen) atoms. The maximum atomic E-state index is 11.3. The van der Waals surface area contributed by atoms with Crippen molar-refractivity contribution in [3.05, 3.63) is 29.8 Å². The van der Waals surface area contributed by atoms with Gasteiger partial charge in [0.1, 0.15) is 0 Å². The smallest absolute Gasteiger partial charge is 0.175 e. The third-order valence-corrected chi connectivity index (χ3v) is 4.56. The molecule has 1 fully saturated rings. The highest BCUT2D eigenvalue weighted by molar-refractivity contribution is 7.90. The van der Waals surface area contributed by atoms with Gasteiger partial charge in [0.15, 0.2) is 9.84 Å². The van der Waals surface area contributed by atoms with Gasteiger partial charge in [0, 0.05) is 18.7 Å². The zero-order chi connectivity index (χ0) is 13.2. The van der Waals surface area contributed by atoms with Gasteiger partial charge in [-0.25, -0.2) is 8.42 Å². The van der Waals surface area contributed by atoms with Crippen molar-refractivity contribution in [2.45, 2.75) is 23.8 Å². The summed E-state index contributed by atoms with van der Waals surface area (Å²) in [5.74, 6) is 0.211. The minimum absolute atomic E-state index is 0.211. The van der Waals surface area contributed by atoms with E-state index in [0.717, 1.165) is 31.5 Å². The summed E-state index contributed by atoms with van der Waals surface area (Å²) in [6, 6.07) is 6.53. The van der Waals surface area contributed by atoms with Crippen molar-refractivity contribution in [2.24, 2.45) is 5.92 Å². The van der Waals surface area contributed by atoms with Crippen molar-refractivity contribution >= 4 is 9.84 Å². The Morgan fingerprint density at radius 2 is 2.00 bits per heavy atom. The lowest BCUT2D eigenvalue weighted by molar-refractivity contribution is 0.0921. The van der Waals surface area contributed by atoms with Gasteiger partial charge in [-0.15, -0.1) is 0 Å². The van der Waals surface area contributed by atoms with E-state index in [1.165, 1.54) is 6.26 Å². The Hall–Kier alpha value is -0.910. The van der Waals surface area contributed by atoms with Crippen LogP contribution in [0.1, 0.15) is 24.5 Å². The second kappa shape index (κ2) is 5.38. The third-order valence-electron chi connectivity index (χ3n) is 3.43. The number of sulfone groups is 1. The van der Waals surface area contributed by atoms with Gasteiger partial charge in [-0.05, 0) is 37.1 Å². The summed E-state index contributed by atoms with van der Waals surface area (Å²) >= 11 is 0. The zero-order valence-electron chi connectivity index (χ0n) is 10.5. The van der Waals surface area contributed by atoms with Crippen LogP contribution in [0.4, 0.5) is 0 Å². The molecule has 5 heteroatoms. The molecule has 2 N–H and O–H groups in total. The van der Waals surface area contributed by atoms with Crippen LogP contribution in [0.2, 0.25) is 0 Å². The molecule has 4 nitrogen and oxygen atoms in total. The van der Waals surface area contributed by atoms with Crippen LogP contribution in [0.5, 0.6) is 0 Å². The van der Waals surface area contributed by atoms with Gasteiger partial charge < -0.3 is 10.4 Å². The van der Waals surface area contributed by atoms with Crippen LogP contribution < -0.4 is 5.32 Å². The highest BCUT2D eigenvalue weighted by Gasteiger charge is 2.23. The van der Waals surface area contributed by atoms with Crippen LogP contribution in [0.3, 0.4) is 0 Å². The van der Waals surface area contributed by atoms with Gasteiger partial charge in [0.2, 0.25) is 0 Å². The molecule has 0 spiro atoms. The molecule has 0 amide bonds. The van der Waals surface area contributed by atoms with E-state index in [-0.39, 0.29) is 5.92 Å². The highest BCUT2D eigenvalue weighted by atomic mass is 32.2. The number of aliphatic hydroxyl groups is 1. The monoisotopic (exact) mass is 269 g/mol. The highest BCUT2D eigenvalue weighted by Crippen LogP contribution is 2.27. The minimum Gasteiger partial charge on any atom is -0.388 e. The summed E-state index contributed by atoms with van der Waals surface area (Å²) in [5, 5.41) is 13.5. The largest absolute Gasteiger partial charge is 0.388 e. The van der Waals surface area contributed by atoms with Crippen molar-refractivity contribution < 1.29 is 13.5 Å². The van der Waals surface area contributed by atoms with Gasteiger partial charge >= 0.3 is 0 Å². The maximum Gasteiger partial charge on any atom is 0.175 e. The standard InChI is InChI=1S/C13H19NO3S/c1-18(16,17)12-6-4-10(5-7-12)13(15)11-3-2-8-14-9-11/h4-7,11,13-15H,2-3,8-9H2,1H3. The van der Waals surface area contributed by atoms with Crippen molar-refractivity contribution in [2.75, 3.05) is 19.3 Å². The number of rotatable bonds is 3. The predicted octanol–water partition coefficient (Wildman–Crippen LogP) is 1.12. The molecule has 1 aromatic carbocycles. The fraction of sp³-hybridized carbons (Fsp3) is 0.538. The van der Waals surface area contributed by atoms with Gasteiger partial charge in [-0.3, -0.25) is 0 Å². The van der Waals surface area contributed by atoms with Gasteiger partial charge in [-0.1, -0.05) is 12.1 Å². The van der Waals surface area contributed by atoms with Crippen LogP contribution in [-0.2, 0) is 9.84 Å². The number of hydrogen-bond acceptors (Lipinski definition) is 4. The molecule has 0 aliphatic carbocycles. The first-order valence-electron chi connectivity index (χ1n) is 6.17. The molecule has 2 rings (SSSR count). The second-order valence-corrected chi connectivity index (χ2v) is 6.91. The van der Waals surface area contributed by atoms with Crippen LogP contribution in [0.15, 0.2) is 29.2 Å². The van der Waals surface area contributed by atoms with E-state index < -0.39 is 15.9 Å². The zero-order valence-corrected chi connectivity index (χ0v) is 11.3. The molecule has 100 valence electrons. The average molecular weight is 269 g/mol. The summed E-state index contributed by atoms with van der Waals surface area (Å²) in [5.41, 5.74) is 0.788. The van der Waals surface area contributed by atoms with E-state index >= 15 is 0 Å². The number of benzene rings is 1. The first kappa shape index (κ1) is 13.5. The quantitative estimate of drug-likeness (QED) is 0.863. The topological polar surface area (TPSA) is 66.4 Å². The molecule has 0 bridgehead atoms. The van der Waals surface area contributed by atoms with Crippen molar-refractivity contribution in [1.82, 2.24) is 5.32 Å². The Morgan fingerprint density at radius 3 is 2.50 bits per heavy atom. The Kier molecular flexibility index (Phi) is 4.04. The van der Waals surface area contributed by atoms with Crippen LogP contribution in [-0.4, -0.2) is 32.9 Å². The molecule has 2 atom stereocenters. The average Bonchev–Trinajstić information content (AvgIpc) is 2.38. The summed E-state index contributed by atoms with van der Waals surface area (Å²) in [4.78, 5) is 0.292. The van der Waals surface area contributed by atoms with E-state index in [2.05, 4.69) is 5.32 Å². The SMILES string of the molecule is CS(=O)(=O)c1ccc(C(O)C2CCCNC2)cc1. The van der Waals surface area contributed by atoms with Crippen molar-refractivity contribution in [3.8, 4) is 0 Å². The Morgan fingerprint density at radius 1 is 1.33 bits per heavy atom. The molecular formula is C13H19NO3S. The fourth-order valence-corrected chi connectivity index (χ4v) is 2.96. The van der Waals surface area contributed by atoms with Crippen molar-refractivity contribution in [1.29, 1.82) is 0 Å². The predicted molar refractivity (Wildman–Crippen MR) is 70.1 cm³/mol. The lowest BCUT2D eigenvalue weighted by Gasteiger charge is -2.27. The van der Waals surface area contributed by atoms with E-state index in [0.29, 0.717) is 4.90 Å². The summed E-state index contributed by atoms with van der Waals surface area (Å²) in [7, 11) is -3.16. The molecule has 0 saturated carbocycles. The molecule has 1 aromatic rings. The molecule has 2 unspecified atom stereocenters. The molecular weight excluding hydrogens is 250 g/mol. The lowest BCUT2D eigenvalue weighted by Crippen LogP contribution is -2.33. The van der Waals surface area contributed by atoms with Crippen molar-refractivity contribution in [3.63, 3.8) is 0 Å². The number of piperidine rings is 1. The van der Waals surface area contributed by atoms with Gasteiger partial charge in [0.05, 0.1) is 11.0 Å². The van der Waals surface area contributed by atoms with Crippen LogP contribution in [0.25, 0.3) is 0 Å². The van der Waals surface area contributed by atoms with E-state index in [1.54, 1.807) is 24.3 Å². The van der Waals surface area contributed by atoms with Crippen LogP contribution in [0, 0.1) is 5.92 Å². The number of hydrogen-bond donors (Lipinski definition) is 2. The number of nitrogens with one attached hydrogen (secondary N) is 1. The van der Waals surface area contributed by atoms with Gasteiger partial charge in [-0.2, -0.15) is 0 Å². The van der Waals surface area contributed by atoms with E-state index in [9.17, 15) is 13.5 Å². The Balaban J connectivity index is 2.13. The minimum atomic E-state index is -3.16. The maximum absolute atomic E-state index is 11.3. The molecule has 1 saturated heterocycles. The summed E-state index contributed by atoms with van der Waals surface area (Å²) in [6.45, 7) is 1.82. The Labute approximate surface area is 108 Å².